The van der Waals surface area contributed by atoms with Crippen molar-refractivity contribution in [2.75, 3.05) is 0 Å². The molecule has 12 aromatic rings. The molecule has 250 valence electrons. The Hall–Kier alpha value is -7.30. The molecule has 0 bridgehead atoms. The van der Waals surface area contributed by atoms with Crippen LogP contribution in [0.25, 0.3) is 116 Å². The lowest BCUT2D eigenvalue weighted by molar-refractivity contribution is 0.664. The van der Waals surface area contributed by atoms with Crippen molar-refractivity contribution in [2.45, 2.75) is 0 Å². The zero-order valence-electron chi connectivity index (χ0n) is 29.0. The van der Waals surface area contributed by atoms with E-state index in [1.54, 1.807) is 0 Å². The molecule has 0 aliphatic heterocycles. The minimum absolute atomic E-state index is 0.705. The third-order valence-electron chi connectivity index (χ3n) is 11.2. The van der Waals surface area contributed by atoms with Crippen LogP contribution in [0.2, 0.25) is 0 Å². The SMILES string of the molecule is c1ccc(-c2cccc(-c3nc(-c4ccc(-n5c6ccc7cccc8oc9cccc%10ccc5c(c%109)c6c78)c5ccccc45)nc4ccccc34)c2)cc1. The quantitative estimate of drug-likeness (QED) is 0.185. The molecule has 0 atom stereocenters. The van der Waals surface area contributed by atoms with Gasteiger partial charge in [0.05, 0.1) is 27.9 Å². The number of para-hydroxylation sites is 1. The van der Waals surface area contributed by atoms with Gasteiger partial charge in [-0.25, -0.2) is 9.97 Å². The molecular formula is C50H29N3O. The molecule has 0 aliphatic carbocycles. The van der Waals surface area contributed by atoms with Gasteiger partial charge in [-0.1, -0.05) is 127 Å². The van der Waals surface area contributed by atoms with Gasteiger partial charge in [0.15, 0.2) is 5.82 Å². The van der Waals surface area contributed by atoms with Crippen LogP contribution in [0.4, 0.5) is 0 Å². The molecule has 0 saturated heterocycles. The first-order valence-electron chi connectivity index (χ1n) is 18.3. The molecule has 3 heterocycles. The molecule has 0 amide bonds. The third kappa shape index (κ3) is 4.13. The Bertz CT molecular complexity index is 3340. The number of rotatable bonds is 4. The summed E-state index contributed by atoms with van der Waals surface area (Å²) in [4.78, 5) is 10.6. The molecule has 0 spiro atoms. The fraction of sp³-hybridized carbons (Fsp3) is 0. The lowest BCUT2D eigenvalue weighted by Gasteiger charge is -2.16. The second-order valence-electron chi connectivity index (χ2n) is 14.1. The molecule has 4 nitrogen and oxygen atoms in total. The van der Waals surface area contributed by atoms with E-state index in [4.69, 9.17) is 14.4 Å². The summed E-state index contributed by atoms with van der Waals surface area (Å²) < 4.78 is 9.11. The molecular weight excluding hydrogens is 659 g/mol. The van der Waals surface area contributed by atoms with Crippen LogP contribution in [-0.4, -0.2) is 14.5 Å². The second kappa shape index (κ2) is 11.1. The van der Waals surface area contributed by atoms with E-state index in [-0.39, 0.29) is 0 Å². The fourth-order valence-corrected chi connectivity index (χ4v) is 8.79. The van der Waals surface area contributed by atoms with Gasteiger partial charge < -0.3 is 8.98 Å². The van der Waals surface area contributed by atoms with Crippen molar-refractivity contribution in [1.82, 2.24) is 14.5 Å². The van der Waals surface area contributed by atoms with Crippen LogP contribution in [0, 0.1) is 0 Å². The molecule has 12 rings (SSSR count). The molecule has 54 heavy (non-hydrogen) atoms. The molecule has 9 aromatic carbocycles. The lowest BCUT2D eigenvalue weighted by Crippen LogP contribution is -1.99. The predicted octanol–water partition coefficient (Wildman–Crippen LogP) is 13.4. The van der Waals surface area contributed by atoms with Gasteiger partial charge in [-0.2, -0.15) is 0 Å². The summed E-state index contributed by atoms with van der Waals surface area (Å²) in [6.45, 7) is 0. The standard InChI is InChI=1S/C50H29N3O/c1-2-11-30(12-3-1)33-15-8-16-34(29-33)49-38-19-6-7-20-39(38)51-50(52-49)37-25-28-40(36-18-5-4-17-35(36)37)53-41-26-23-31-13-9-21-43-45(31)47(41)48-42(53)27-24-32-14-10-22-44(54-43)46(32)48/h1-29H. The largest absolute Gasteiger partial charge is 0.456 e. The van der Waals surface area contributed by atoms with Crippen molar-refractivity contribution >= 4 is 76.2 Å². The highest BCUT2D eigenvalue weighted by Crippen LogP contribution is 2.46. The third-order valence-corrected chi connectivity index (χ3v) is 11.2. The van der Waals surface area contributed by atoms with Crippen LogP contribution in [-0.2, 0) is 0 Å². The van der Waals surface area contributed by atoms with Gasteiger partial charge in [-0.15, -0.1) is 0 Å². The molecule has 4 heteroatoms. The van der Waals surface area contributed by atoms with E-state index < -0.39 is 0 Å². The molecule has 0 radical (unpaired) electrons. The van der Waals surface area contributed by atoms with Crippen LogP contribution < -0.4 is 0 Å². The maximum absolute atomic E-state index is 6.67. The highest BCUT2D eigenvalue weighted by Gasteiger charge is 2.23. The average molecular weight is 688 g/mol. The fourth-order valence-electron chi connectivity index (χ4n) is 8.79. The Morgan fingerprint density at radius 3 is 1.76 bits per heavy atom. The van der Waals surface area contributed by atoms with Crippen LogP contribution in [0.5, 0.6) is 0 Å². The van der Waals surface area contributed by atoms with Crippen LogP contribution in [0.3, 0.4) is 0 Å². The highest BCUT2D eigenvalue weighted by molar-refractivity contribution is 6.33. The first-order chi connectivity index (χ1) is 26.8. The minimum Gasteiger partial charge on any atom is -0.456 e. The van der Waals surface area contributed by atoms with Gasteiger partial charge in [0.25, 0.3) is 0 Å². The Morgan fingerprint density at radius 2 is 1.02 bits per heavy atom. The van der Waals surface area contributed by atoms with Crippen LogP contribution in [0.1, 0.15) is 0 Å². The van der Waals surface area contributed by atoms with Crippen LogP contribution in [0.15, 0.2) is 180 Å². The first-order valence-corrected chi connectivity index (χ1v) is 18.3. The summed E-state index contributed by atoms with van der Waals surface area (Å²) in [7, 11) is 0. The van der Waals surface area contributed by atoms with Crippen molar-refractivity contribution < 1.29 is 4.42 Å². The Kier molecular flexibility index (Phi) is 6.02. The summed E-state index contributed by atoms with van der Waals surface area (Å²) in [5, 5.41) is 10.3. The number of benzene rings is 9. The Morgan fingerprint density at radius 1 is 0.407 bits per heavy atom. The van der Waals surface area contributed by atoms with Crippen LogP contribution >= 0.6 is 0 Å². The molecule has 0 N–H and O–H groups in total. The van der Waals surface area contributed by atoms with E-state index in [9.17, 15) is 0 Å². The Balaban J connectivity index is 1.12. The number of fused-ring (bicyclic) bond motifs is 2. The number of hydrogen-bond donors (Lipinski definition) is 0. The number of aromatic nitrogens is 3. The monoisotopic (exact) mass is 687 g/mol. The maximum atomic E-state index is 6.67. The minimum atomic E-state index is 0.705. The first kappa shape index (κ1) is 29.3. The van der Waals surface area contributed by atoms with E-state index in [0.717, 1.165) is 82.7 Å². The van der Waals surface area contributed by atoms with Gasteiger partial charge >= 0.3 is 0 Å². The summed E-state index contributed by atoms with van der Waals surface area (Å²) in [5.41, 5.74) is 11.4. The summed E-state index contributed by atoms with van der Waals surface area (Å²) in [6, 6.07) is 62.3. The zero-order chi connectivity index (χ0) is 35.3. The van der Waals surface area contributed by atoms with Gasteiger partial charge in [0.1, 0.15) is 11.2 Å². The number of hydrogen-bond acceptors (Lipinski definition) is 3. The van der Waals surface area contributed by atoms with Gasteiger partial charge in [-0.05, 0) is 75.8 Å². The maximum Gasteiger partial charge on any atom is 0.161 e. The number of nitrogens with zero attached hydrogens (tertiary/aromatic N) is 3. The van der Waals surface area contributed by atoms with Crippen molar-refractivity contribution in [3.8, 4) is 39.5 Å². The summed E-state index contributed by atoms with van der Waals surface area (Å²) >= 11 is 0. The molecule has 0 unspecified atom stereocenters. The Labute approximate surface area is 309 Å². The topological polar surface area (TPSA) is 43.9 Å². The van der Waals surface area contributed by atoms with Crippen molar-refractivity contribution in [2.24, 2.45) is 0 Å². The highest BCUT2D eigenvalue weighted by atomic mass is 16.3. The molecule has 3 aromatic heterocycles. The van der Waals surface area contributed by atoms with E-state index >= 15 is 0 Å². The van der Waals surface area contributed by atoms with E-state index in [1.165, 1.54) is 27.1 Å². The zero-order valence-corrected chi connectivity index (χ0v) is 29.0. The van der Waals surface area contributed by atoms with Crippen molar-refractivity contribution in [3.63, 3.8) is 0 Å². The van der Waals surface area contributed by atoms with Crippen molar-refractivity contribution in [1.29, 1.82) is 0 Å². The molecule has 0 fully saturated rings. The normalized spacial score (nSPS) is 12.1. The van der Waals surface area contributed by atoms with E-state index in [1.807, 2.05) is 0 Å². The van der Waals surface area contributed by atoms with Gasteiger partial charge in [0.2, 0.25) is 0 Å². The molecule has 0 aliphatic rings. The average Bonchev–Trinajstić information content (AvgIpc) is 3.49. The lowest BCUT2D eigenvalue weighted by atomic mass is 9.98. The second-order valence-corrected chi connectivity index (χ2v) is 14.1. The van der Waals surface area contributed by atoms with E-state index in [0.29, 0.717) is 5.82 Å². The summed E-state index contributed by atoms with van der Waals surface area (Å²) in [5.74, 6) is 0.705. The van der Waals surface area contributed by atoms with Crippen molar-refractivity contribution in [3.05, 3.63) is 176 Å². The van der Waals surface area contributed by atoms with E-state index in [2.05, 4.69) is 180 Å². The van der Waals surface area contributed by atoms with Gasteiger partial charge in [0, 0.05) is 43.4 Å². The molecule has 0 saturated carbocycles. The summed E-state index contributed by atoms with van der Waals surface area (Å²) in [6.07, 6.45) is 0. The predicted molar refractivity (Wildman–Crippen MR) is 224 cm³/mol. The van der Waals surface area contributed by atoms with Gasteiger partial charge in [-0.3, -0.25) is 0 Å². The smallest absolute Gasteiger partial charge is 0.161 e.